The topological polar surface area (TPSA) is 50.4 Å². The molecule has 0 aliphatic heterocycles. The molecule has 1 atom stereocenters. The summed E-state index contributed by atoms with van der Waals surface area (Å²) in [5.41, 5.74) is 2.89. The molecule has 20 heavy (non-hydrogen) atoms. The molecule has 2 N–H and O–H groups in total. The number of ether oxygens (including phenoxy) is 1. The van der Waals surface area contributed by atoms with E-state index in [1.54, 1.807) is 7.11 Å². The second kappa shape index (κ2) is 8.59. The number of benzene rings is 1. The molecule has 0 aliphatic rings. The number of rotatable bonds is 8. The third-order valence-electron chi connectivity index (χ3n) is 3.12. The molecule has 0 bridgehead atoms. The van der Waals surface area contributed by atoms with Crippen LogP contribution in [0.2, 0.25) is 0 Å². The summed E-state index contributed by atoms with van der Waals surface area (Å²) in [5.74, 6) is 0.286. The first kappa shape index (κ1) is 16.5. The summed E-state index contributed by atoms with van der Waals surface area (Å²) in [5, 5.41) is 6.28. The maximum atomic E-state index is 12.1. The zero-order valence-electron chi connectivity index (χ0n) is 13.0. The number of methoxy groups -OCH3 is 1. The average Bonchev–Trinajstić information content (AvgIpc) is 2.43. The monoisotopic (exact) mass is 278 g/mol. The van der Waals surface area contributed by atoms with E-state index in [1.807, 2.05) is 32.0 Å². The van der Waals surface area contributed by atoms with E-state index in [0.717, 1.165) is 24.2 Å². The highest BCUT2D eigenvalue weighted by molar-refractivity contribution is 5.94. The smallest absolute Gasteiger partial charge is 0.251 e. The van der Waals surface area contributed by atoms with Crippen molar-refractivity contribution in [2.45, 2.75) is 27.2 Å². The Balaban J connectivity index is 2.58. The van der Waals surface area contributed by atoms with E-state index in [-0.39, 0.29) is 5.91 Å². The lowest BCUT2D eigenvalue weighted by Crippen LogP contribution is -2.29. The number of nitrogens with one attached hydrogen (secondary N) is 2. The van der Waals surface area contributed by atoms with E-state index in [0.29, 0.717) is 24.6 Å². The van der Waals surface area contributed by atoms with Gasteiger partial charge in [0.2, 0.25) is 0 Å². The van der Waals surface area contributed by atoms with Crippen LogP contribution in [0.1, 0.15) is 36.2 Å². The molecular formula is C16H26N2O2. The SMILES string of the molecule is CCCNc1ccc(C(=O)NCC(C)COC)cc1C. The molecule has 4 nitrogen and oxygen atoms in total. The van der Waals surface area contributed by atoms with E-state index >= 15 is 0 Å². The molecule has 0 saturated carbocycles. The first-order valence-corrected chi connectivity index (χ1v) is 7.20. The highest BCUT2D eigenvalue weighted by atomic mass is 16.5. The molecule has 1 aromatic carbocycles. The summed E-state index contributed by atoms with van der Waals surface area (Å²) in [7, 11) is 1.67. The van der Waals surface area contributed by atoms with Crippen LogP contribution in [0.5, 0.6) is 0 Å². The van der Waals surface area contributed by atoms with Crippen LogP contribution in [0.15, 0.2) is 18.2 Å². The maximum absolute atomic E-state index is 12.1. The number of hydrogen-bond donors (Lipinski definition) is 2. The minimum Gasteiger partial charge on any atom is -0.385 e. The quantitative estimate of drug-likeness (QED) is 0.769. The van der Waals surface area contributed by atoms with Crippen LogP contribution in [0.4, 0.5) is 5.69 Å². The Morgan fingerprint density at radius 1 is 1.40 bits per heavy atom. The molecule has 0 fully saturated rings. The van der Waals surface area contributed by atoms with E-state index in [1.165, 1.54) is 0 Å². The van der Waals surface area contributed by atoms with Crippen LogP contribution in [0.25, 0.3) is 0 Å². The molecule has 1 unspecified atom stereocenters. The van der Waals surface area contributed by atoms with Crippen LogP contribution in [-0.2, 0) is 4.74 Å². The third kappa shape index (κ3) is 5.21. The van der Waals surface area contributed by atoms with Crippen LogP contribution in [-0.4, -0.2) is 32.7 Å². The van der Waals surface area contributed by atoms with Gasteiger partial charge in [-0.3, -0.25) is 4.79 Å². The molecular weight excluding hydrogens is 252 g/mol. The summed E-state index contributed by atoms with van der Waals surface area (Å²) in [6.45, 7) is 8.42. The van der Waals surface area contributed by atoms with E-state index < -0.39 is 0 Å². The second-order valence-electron chi connectivity index (χ2n) is 5.23. The summed E-state index contributed by atoms with van der Waals surface area (Å²) in [6.07, 6.45) is 1.08. The van der Waals surface area contributed by atoms with Gasteiger partial charge in [0.1, 0.15) is 0 Å². The number of carbonyl (C=O) groups is 1. The van der Waals surface area contributed by atoms with Crippen molar-refractivity contribution in [3.05, 3.63) is 29.3 Å². The molecule has 0 spiro atoms. The number of amides is 1. The average molecular weight is 278 g/mol. The largest absolute Gasteiger partial charge is 0.385 e. The van der Waals surface area contributed by atoms with Gasteiger partial charge in [0.05, 0.1) is 6.61 Å². The number of hydrogen-bond acceptors (Lipinski definition) is 3. The minimum absolute atomic E-state index is 0.0295. The van der Waals surface area contributed by atoms with Crippen LogP contribution in [0.3, 0.4) is 0 Å². The minimum atomic E-state index is -0.0295. The summed E-state index contributed by atoms with van der Waals surface area (Å²) < 4.78 is 5.05. The Morgan fingerprint density at radius 2 is 2.15 bits per heavy atom. The number of anilines is 1. The highest BCUT2D eigenvalue weighted by Gasteiger charge is 2.09. The van der Waals surface area contributed by atoms with E-state index in [9.17, 15) is 4.79 Å². The van der Waals surface area contributed by atoms with Gasteiger partial charge in [-0.25, -0.2) is 0 Å². The summed E-state index contributed by atoms with van der Waals surface area (Å²) in [6, 6.07) is 5.76. The van der Waals surface area contributed by atoms with Gasteiger partial charge in [-0.2, -0.15) is 0 Å². The van der Waals surface area contributed by atoms with Gasteiger partial charge in [-0.15, -0.1) is 0 Å². The Labute approximate surface area is 121 Å². The zero-order valence-corrected chi connectivity index (χ0v) is 13.0. The first-order valence-electron chi connectivity index (χ1n) is 7.20. The second-order valence-corrected chi connectivity index (χ2v) is 5.23. The van der Waals surface area contributed by atoms with Gasteiger partial charge in [-0.05, 0) is 43.0 Å². The predicted molar refractivity (Wildman–Crippen MR) is 83.3 cm³/mol. The van der Waals surface area contributed by atoms with E-state index in [4.69, 9.17) is 4.74 Å². The normalized spacial score (nSPS) is 12.0. The molecule has 0 aromatic heterocycles. The highest BCUT2D eigenvalue weighted by Crippen LogP contribution is 2.16. The van der Waals surface area contributed by atoms with Gasteiger partial charge in [0.25, 0.3) is 5.91 Å². The molecule has 0 radical (unpaired) electrons. The lowest BCUT2D eigenvalue weighted by molar-refractivity contribution is 0.0934. The number of carbonyl (C=O) groups excluding carboxylic acids is 1. The van der Waals surface area contributed by atoms with Crippen molar-refractivity contribution in [1.29, 1.82) is 0 Å². The zero-order chi connectivity index (χ0) is 15.0. The van der Waals surface area contributed by atoms with Gasteiger partial charge in [0.15, 0.2) is 0 Å². The lowest BCUT2D eigenvalue weighted by atomic mass is 10.1. The van der Waals surface area contributed by atoms with Crippen molar-refractivity contribution in [2.24, 2.45) is 5.92 Å². The van der Waals surface area contributed by atoms with Gasteiger partial charge in [-0.1, -0.05) is 13.8 Å². The van der Waals surface area contributed by atoms with Gasteiger partial charge >= 0.3 is 0 Å². The van der Waals surface area contributed by atoms with Crippen molar-refractivity contribution >= 4 is 11.6 Å². The van der Waals surface area contributed by atoms with Crippen LogP contribution < -0.4 is 10.6 Å². The molecule has 112 valence electrons. The predicted octanol–water partition coefficient (Wildman–Crippen LogP) is 2.83. The van der Waals surface area contributed by atoms with Crippen molar-refractivity contribution < 1.29 is 9.53 Å². The van der Waals surface area contributed by atoms with Crippen LogP contribution >= 0.6 is 0 Å². The molecule has 0 heterocycles. The van der Waals surface area contributed by atoms with Crippen molar-refractivity contribution in [3.63, 3.8) is 0 Å². The van der Waals surface area contributed by atoms with Gasteiger partial charge < -0.3 is 15.4 Å². The fourth-order valence-electron chi connectivity index (χ4n) is 1.98. The first-order chi connectivity index (χ1) is 9.58. The molecule has 0 aliphatic carbocycles. The molecule has 1 amide bonds. The molecule has 1 aromatic rings. The Hall–Kier alpha value is -1.55. The standard InChI is InChI=1S/C16H26N2O2/c1-5-8-17-15-7-6-14(9-13(15)3)16(19)18-10-12(2)11-20-4/h6-7,9,12,17H,5,8,10-11H2,1-4H3,(H,18,19). The maximum Gasteiger partial charge on any atom is 0.251 e. The Kier molecular flexibility index (Phi) is 7.09. The fraction of sp³-hybridized carbons (Fsp3) is 0.562. The summed E-state index contributed by atoms with van der Waals surface area (Å²) in [4.78, 5) is 12.1. The Morgan fingerprint density at radius 3 is 2.75 bits per heavy atom. The van der Waals surface area contributed by atoms with Crippen molar-refractivity contribution in [1.82, 2.24) is 5.32 Å². The molecule has 4 heteroatoms. The number of aryl methyl sites for hydroxylation is 1. The summed E-state index contributed by atoms with van der Waals surface area (Å²) >= 11 is 0. The fourth-order valence-corrected chi connectivity index (χ4v) is 1.98. The van der Waals surface area contributed by atoms with E-state index in [2.05, 4.69) is 17.6 Å². The molecule has 1 rings (SSSR count). The van der Waals surface area contributed by atoms with Crippen molar-refractivity contribution in [3.8, 4) is 0 Å². The molecule has 0 saturated heterocycles. The lowest BCUT2D eigenvalue weighted by Gasteiger charge is -2.13. The van der Waals surface area contributed by atoms with Crippen molar-refractivity contribution in [2.75, 3.05) is 32.1 Å². The van der Waals surface area contributed by atoms with Crippen LogP contribution in [0, 0.1) is 12.8 Å². The van der Waals surface area contributed by atoms with Gasteiger partial charge in [0, 0.05) is 31.5 Å². The third-order valence-corrected chi connectivity index (χ3v) is 3.12. The Bertz CT molecular complexity index is 432.